The highest BCUT2D eigenvalue weighted by atomic mass is 35.5. The van der Waals surface area contributed by atoms with E-state index in [1.54, 1.807) is 0 Å². The van der Waals surface area contributed by atoms with E-state index in [0.717, 1.165) is 17.1 Å². The Morgan fingerprint density at radius 2 is 1.72 bits per heavy atom. The Morgan fingerprint density at radius 3 is 2.44 bits per heavy atom. The van der Waals surface area contributed by atoms with E-state index in [1.165, 1.54) is 11.1 Å². The summed E-state index contributed by atoms with van der Waals surface area (Å²) in [6, 6.07) is 16.7. The third kappa shape index (κ3) is 3.12. The van der Waals surface area contributed by atoms with Gasteiger partial charge in [-0.25, -0.2) is 0 Å². The molecule has 2 aromatic rings. The zero-order valence-electron chi connectivity index (χ0n) is 10.8. The highest BCUT2D eigenvalue weighted by molar-refractivity contribution is 6.31. The van der Waals surface area contributed by atoms with E-state index in [1.807, 2.05) is 18.2 Å². The van der Waals surface area contributed by atoms with Crippen LogP contribution in [0.3, 0.4) is 0 Å². The summed E-state index contributed by atoms with van der Waals surface area (Å²) >= 11 is 6.14. The fourth-order valence-corrected chi connectivity index (χ4v) is 2.29. The van der Waals surface area contributed by atoms with Crippen molar-refractivity contribution in [1.29, 1.82) is 0 Å². The van der Waals surface area contributed by atoms with Crippen LogP contribution in [0.2, 0.25) is 5.02 Å². The summed E-state index contributed by atoms with van der Waals surface area (Å²) in [4.78, 5) is 0. The quantitative estimate of drug-likeness (QED) is 0.853. The van der Waals surface area contributed by atoms with E-state index in [2.05, 4.69) is 49.5 Å². The van der Waals surface area contributed by atoms with Gasteiger partial charge in [0.1, 0.15) is 0 Å². The van der Waals surface area contributed by atoms with Crippen molar-refractivity contribution in [1.82, 2.24) is 5.32 Å². The second kappa shape index (κ2) is 6.03. The van der Waals surface area contributed by atoms with Crippen molar-refractivity contribution in [3.63, 3.8) is 0 Å². The van der Waals surface area contributed by atoms with Gasteiger partial charge in [-0.15, -0.1) is 0 Å². The van der Waals surface area contributed by atoms with Crippen LogP contribution in [0, 0.1) is 6.92 Å². The molecule has 0 fully saturated rings. The molecule has 94 valence electrons. The molecule has 0 bridgehead atoms. The first-order valence-electron chi connectivity index (χ1n) is 6.21. The van der Waals surface area contributed by atoms with E-state index < -0.39 is 0 Å². The third-order valence-corrected chi connectivity index (χ3v) is 3.58. The van der Waals surface area contributed by atoms with Gasteiger partial charge in [0.15, 0.2) is 0 Å². The summed E-state index contributed by atoms with van der Waals surface area (Å²) in [5, 5.41) is 4.33. The Bertz CT molecular complexity index is 522. The van der Waals surface area contributed by atoms with Crippen molar-refractivity contribution in [2.45, 2.75) is 26.4 Å². The van der Waals surface area contributed by atoms with Crippen LogP contribution in [-0.2, 0) is 6.54 Å². The summed E-state index contributed by atoms with van der Waals surface area (Å²) in [5.74, 6) is 0. The Balaban J connectivity index is 2.03. The van der Waals surface area contributed by atoms with Gasteiger partial charge in [-0.3, -0.25) is 0 Å². The largest absolute Gasteiger partial charge is 0.306 e. The average molecular weight is 260 g/mol. The summed E-state index contributed by atoms with van der Waals surface area (Å²) < 4.78 is 0. The summed E-state index contributed by atoms with van der Waals surface area (Å²) in [6.07, 6.45) is 0. The molecule has 2 heteroatoms. The molecule has 18 heavy (non-hydrogen) atoms. The summed E-state index contributed by atoms with van der Waals surface area (Å²) in [5.41, 5.74) is 3.79. The van der Waals surface area contributed by atoms with Gasteiger partial charge in [-0.05, 0) is 36.6 Å². The number of nitrogens with one attached hydrogen (secondary N) is 1. The molecule has 0 aliphatic carbocycles. The van der Waals surface area contributed by atoms with E-state index in [9.17, 15) is 0 Å². The van der Waals surface area contributed by atoms with Crippen LogP contribution in [0.25, 0.3) is 0 Å². The standard InChI is InChI=1S/C16H18ClN/c1-12-7-3-5-9-15(12)13(2)18-11-14-8-4-6-10-16(14)17/h3-10,13,18H,11H2,1-2H3/t13-/m0/s1. The van der Waals surface area contributed by atoms with Crippen LogP contribution in [0.15, 0.2) is 48.5 Å². The van der Waals surface area contributed by atoms with Crippen LogP contribution in [0.4, 0.5) is 0 Å². The molecule has 0 unspecified atom stereocenters. The second-order valence-electron chi connectivity index (χ2n) is 4.55. The fraction of sp³-hybridized carbons (Fsp3) is 0.250. The van der Waals surface area contributed by atoms with Crippen molar-refractivity contribution < 1.29 is 0 Å². The molecular formula is C16H18ClN. The molecule has 0 aromatic heterocycles. The molecule has 0 aliphatic heterocycles. The normalized spacial score (nSPS) is 12.4. The molecule has 0 heterocycles. The number of hydrogen-bond acceptors (Lipinski definition) is 1. The van der Waals surface area contributed by atoms with Gasteiger partial charge in [0.05, 0.1) is 0 Å². The lowest BCUT2D eigenvalue weighted by atomic mass is 10.0. The van der Waals surface area contributed by atoms with E-state index in [4.69, 9.17) is 11.6 Å². The summed E-state index contributed by atoms with van der Waals surface area (Å²) in [6.45, 7) is 5.11. The van der Waals surface area contributed by atoms with E-state index >= 15 is 0 Å². The van der Waals surface area contributed by atoms with Gasteiger partial charge >= 0.3 is 0 Å². The van der Waals surface area contributed by atoms with Gasteiger partial charge in [0, 0.05) is 17.6 Å². The van der Waals surface area contributed by atoms with Gasteiger partial charge in [0.2, 0.25) is 0 Å². The van der Waals surface area contributed by atoms with Crippen molar-refractivity contribution in [2.75, 3.05) is 0 Å². The molecule has 0 saturated heterocycles. The highest BCUT2D eigenvalue weighted by Crippen LogP contribution is 2.19. The average Bonchev–Trinajstić information content (AvgIpc) is 2.38. The number of halogens is 1. The van der Waals surface area contributed by atoms with Gasteiger partial charge in [0.25, 0.3) is 0 Å². The SMILES string of the molecule is Cc1ccccc1[C@H](C)NCc1ccccc1Cl. The van der Waals surface area contributed by atoms with Crippen molar-refractivity contribution in [3.05, 3.63) is 70.2 Å². The van der Waals surface area contributed by atoms with Crippen LogP contribution in [0.1, 0.15) is 29.7 Å². The van der Waals surface area contributed by atoms with Gasteiger partial charge in [-0.2, -0.15) is 0 Å². The summed E-state index contributed by atoms with van der Waals surface area (Å²) in [7, 11) is 0. The Labute approximate surface area is 114 Å². The lowest BCUT2D eigenvalue weighted by Gasteiger charge is -2.17. The first kappa shape index (κ1) is 13.1. The van der Waals surface area contributed by atoms with Crippen LogP contribution < -0.4 is 5.32 Å². The van der Waals surface area contributed by atoms with Crippen molar-refractivity contribution in [3.8, 4) is 0 Å². The molecular weight excluding hydrogens is 242 g/mol. The Morgan fingerprint density at radius 1 is 1.06 bits per heavy atom. The molecule has 0 spiro atoms. The first-order valence-corrected chi connectivity index (χ1v) is 6.58. The highest BCUT2D eigenvalue weighted by Gasteiger charge is 2.07. The minimum atomic E-state index is 0.322. The number of hydrogen-bond donors (Lipinski definition) is 1. The monoisotopic (exact) mass is 259 g/mol. The molecule has 1 nitrogen and oxygen atoms in total. The lowest BCUT2D eigenvalue weighted by molar-refractivity contribution is 0.572. The van der Waals surface area contributed by atoms with Crippen molar-refractivity contribution in [2.24, 2.45) is 0 Å². The molecule has 0 saturated carbocycles. The minimum Gasteiger partial charge on any atom is -0.306 e. The maximum absolute atomic E-state index is 6.14. The maximum Gasteiger partial charge on any atom is 0.0450 e. The molecule has 2 rings (SSSR count). The third-order valence-electron chi connectivity index (χ3n) is 3.21. The van der Waals surface area contributed by atoms with Crippen molar-refractivity contribution >= 4 is 11.6 Å². The zero-order valence-corrected chi connectivity index (χ0v) is 11.5. The molecule has 2 aromatic carbocycles. The van der Waals surface area contributed by atoms with Crippen LogP contribution in [0.5, 0.6) is 0 Å². The minimum absolute atomic E-state index is 0.322. The first-order chi connectivity index (χ1) is 8.68. The number of benzene rings is 2. The topological polar surface area (TPSA) is 12.0 Å². The zero-order chi connectivity index (χ0) is 13.0. The maximum atomic E-state index is 6.14. The molecule has 0 amide bonds. The predicted molar refractivity (Wildman–Crippen MR) is 77.9 cm³/mol. The molecule has 1 N–H and O–H groups in total. The Hall–Kier alpha value is -1.31. The predicted octanol–water partition coefficient (Wildman–Crippen LogP) is 4.50. The van der Waals surface area contributed by atoms with E-state index in [0.29, 0.717) is 6.04 Å². The number of rotatable bonds is 4. The van der Waals surface area contributed by atoms with E-state index in [-0.39, 0.29) is 0 Å². The second-order valence-corrected chi connectivity index (χ2v) is 4.96. The molecule has 1 atom stereocenters. The fourth-order valence-electron chi connectivity index (χ4n) is 2.09. The number of aryl methyl sites for hydroxylation is 1. The van der Waals surface area contributed by atoms with Gasteiger partial charge in [-0.1, -0.05) is 54.1 Å². The van der Waals surface area contributed by atoms with Crippen LogP contribution in [-0.4, -0.2) is 0 Å². The van der Waals surface area contributed by atoms with Crippen LogP contribution >= 0.6 is 11.6 Å². The molecule has 0 aliphatic rings. The molecule has 0 radical (unpaired) electrons. The lowest BCUT2D eigenvalue weighted by Crippen LogP contribution is -2.19. The smallest absolute Gasteiger partial charge is 0.0450 e. The Kier molecular flexibility index (Phi) is 4.40. The van der Waals surface area contributed by atoms with Gasteiger partial charge < -0.3 is 5.32 Å².